The first kappa shape index (κ1) is 19.5. The number of hydrogen-bond acceptors (Lipinski definition) is 5. The van der Waals surface area contributed by atoms with Crippen LogP contribution in [0.3, 0.4) is 0 Å². The fraction of sp³-hybridized carbons (Fsp3) is 0.125. The second kappa shape index (κ2) is 8.35. The number of H-pyrrole nitrogens is 1. The van der Waals surface area contributed by atoms with E-state index in [-0.39, 0.29) is 10.9 Å². The van der Waals surface area contributed by atoms with Gasteiger partial charge in [0.2, 0.25) is 0 Å². The summed E-state index contributed by atoms with van der Waals surface area (Å²) in [5.74, 6) is -0.289. The first-order valence-electron chi connectivity index (χ1n) is 9.95. The molecule has 0 amide bonds. The van der Waals surface area contributed by atoms with Gasteiger partial charge in [0.1, 0.15) is 11.3 Å². The van der Waals surface area contributed by atoms with E-state index in [9.17, 15) is 9.18 Å². The highest BCUT2D eigenvalue weighted by Crippen LogP contribution is 2.32. The summed E-state index contributed by atoms with van der Waals surface area (Å²) >= 11 is 1.02. The Kier molecular flexibility index (Phi) is 5.26. The van der Waals surface area contributed by atoms with Gasteiger partial charge in [0.05, 0.1) is 11.4 Å². The van der Waals surface area contributed by atoms with Crippen LogP contribution in [0.15, 0.2) is 76.5 Å². The number of rotatable bonds is 6. The monoisotopic (exact) mass is 431 g/mol. The summed E-state index contributed by atoms with van der Waals surface area (Å²) in [6.07, 6.45) is 3.32. The number of aromatic amines is 1. The Hall–Kier alpha value is -3.45. The van der Waals surface area contributed by atoms with E-state index < -0.39 is 0 Å². The number of para-hydroxylation sites is 2. The van der Waals surface area contributed by atoms with Crippen molar-refractivity contribution in [3.05, 3.63) is 78.2 Å². The Bertz CT molecular complexity index is 1340. The molecule has 7 heteroatoms. The summed E-state index contributed by atoms with van der Waals surface area (Å²) < 4.78 is 19.5. The molecule has 0 saturated heterocycles. The number of oxazole rings is 1. The van der Waals surface area contributed by atoms with Gasteiger partial charge in [-0.25, -0.2) is 9.37 Å². The topological polar surface area (TPSA) is 71.8 Å². The molecule has 31 heavy (non-hydrogen) atoms. The Morgan fingerprint density at radius 3 is 2.81 bits per heavy atom. The van der Waals surface area contributed by atoms with Gasteiger partial charge in [-0.15, -0.1) is 0 Å². The molecule has 154 valence electrons. The molecular weight excluding hydrogens is 413 g/mol. The lowest BCUT2D eigenvalue weighted by Gasteiger charge is -2.04. The SMILES string of the molecule is O=C(CCCc1c(-c2ccccn2)[nH]c2ccc(F)cc12)Sc1nc2ccccc2o1. The van der Waals surface area contributed by atoms with Gasteiger partial charge in [-0.3, -0.25) is 9.78 Å². The van der Waals surface area contributed by atoms with Crippen molar-refractivity contribution >= 4 is 38.9 Å². The van der Waals surface area contributed by atoms with E-state index in [2.05, 4.69) is 15.0 Å². The molecule has 0 atom stereocenters. The highest BCUT2D eigenvalue weighted by molar-refractivity contribution is 8.13. The number of pyridine rings is 1. The highest BCUT2D eigenvalue weighted by atomic mass is 32.2. The third-order valence-corrected chi connectivity index (χ3v) is 5.85. The lowest BCUT2D eigenvalue weighted by atomic mass is 10.0. The van der Waals surface area contributed by atoms with Crippen LogP contribution < -0.4 is 0 Å². The van der Waals surface area contributed by atoms with Crippen molar-refractivity contribution in [2.45, 2.75) is 24.5 Å². The number of fused-ring (bicyclic) bond motifs is 2. The maximum atomic E-state index is 13.9. The molecule has 2 aromatic carbocycles. The number of aryl methyl sites for hydroxylation is 1. The zero-order chi connectivity index (χ0) is 21.2. The molecular formula is C24H18FN3O2S. The second-order valence-corrected chi connectivity index (χ2v) is 8.17. The molecule has 0 fully saturated rings. The van der Waals surface area contributed by atoms with Crippen LogP contribution in [0, 0.1) is 5.82 Å². The fourth-order valence-corrected chi connectivity index (χ4v) is 4.38. The molecule has 1 N–H and O–H groups in total. The van der Waals surface area contributed by atoms with Crippen LogP contribution in [0.1, 0.15) is 18.4 Å². The van der Waals surface area contributed by atoms with Crippen molar-refractivity contribution in [1.82, 2.24) is 15.0 Å². The molecule has 3 aromatic heterocycles. The van der Waals surface area contributed by atoms with Crippen LogP contribution in [0.2, 0.25) is 0 Å². The van der Waals surface area contributed by atoms with Crippen LogP contribution in [0.5, 0.6) is 0 Å². The molecule has 5 aromatic rings. The Balaban J connectivity index is 1.33. The van der Waals surface area contributed by atoms with E-state index in [1.54, 1.807) is 12.3 Å². The number of aromatic nitrogens is 3. The van der Waals surface area contributed by atoms with Crippen molar-refractivity contribution in [3.63, 3.8) is 0 Å². The average molecular weight is 431 g/mol. The largest absolute Gasteiger partial charge is 0.431 e. The van der Waals surface area contributed by atoms with Gasteiger partial charge >= 0.3 is 0 Å². The van der Waals surface area contributed by atoms with Crippen molar-refractivity contribution in [3.8, 4) is 11.4 Å². The van der Waals surface area contributed by atoms with E-state index in [0.717, 1.165) is 45.1 Å². The third kappa shape index (κ3) is 4.09. The molecule has 0 saturated carbocycles. The summed E-state index contributed by atoms with van der Waals surface area (Å²) in [5.41, 5.74) is 4.87. The first-order valence-corrected chi connectivity index (χ1v) is 10.8. The Labute approximate surface area is 181 Å². The summed E-state index contributed by atoms with van der Waals surface area (Å²) in [6, 6.07) is 17.8. The number of carbonyl (C=O) groups excluding carboxylic acids is 1. The van der Waals surface area contributed by atoms with Crippen molar-refractivity contribution in [1.29, 1.82) is 0 Å². The molecule has 0 bridgehead atoms. The lowest BCUT2D eigenvalue weighted by Crippen LogP contribution is -1.96. The minimum Gasteiger partial charge on any atom is -0.431 e. The maximum absolute atomic E-state index is 13.9. The smallest absolute Gasteiger partial charge is 0.264 e. The predicted molar refractivity (Wildman–Crippen MR) is 119 cm³/mol. The van der Waals surface area contributed by atoms with Gasteiger partial charge in [0, 0.05) is 35.3 Å². The summed E-state index contributed by atoms with van der Waals surface area (Å²) in [6.45, 7) is 0. The number of halogens is 1. The summed E-state index contributed by atoms with van der Waals surface area (Å²) in [4.78, 5) is 24.6. The van der Waals surface area contributed by atoms with Crippen LogP contribution in [-0.4, -0.2) is 20.1 Å². The van der Waals surface area contributed by atoms with E-state index >= 15 is 0 Å². The quantitative estimate of drug-likeness (QED) is 0.326. The minimum atomic E-state index is -0.289. The number of thioether (sulfide) groups is 1. The van der Waals surface area contributed by atoms with Gasteiger partial charge in [0.25, 0.3) is 5.22 Å². The standard InChI is InChI=1S/C24H18FN3O2S/c25-15-11-12-18-17(14-15)16(23(27-18)20-8-3-4-13-26-20)6-5-10-22(29)31-24-28-19-7-1-2-9-21(19)30-24/h1-4,7-9,11-14,27H,5-6,10H2. The second-order valence-electron chi connectivity index (χ2n) is 7.16. The first-order chi connectivity index (χ1) is 15.2. The molecule has 0 unspecified atom stereocenters. The summed E-state index contributed by atoms with van der Waals surface area (Å²) in [5, 5.41) is 1.16. The Morgan fingerprint density at radius 1 is 1.10 bits per heavy atom. The number of hydrogen-bond donors (Lipinski definition) is 1. The van der Waals surface area contributed by atoms with Gasteiger partial charge in [0.15, 0.2) is 10.7 Å². The van der Waals surface area contributed by atoms with E-state index in [4.69, 9.17) is 4.42 Å². The third-order valence-electron chi connectivity index (χ3n) is 5.07. The maximum Gasteiger partial charge on any atom is 0.264 e. The fourth-order valence-electron chi connectivity index (χ4n) is 3.66. The van der Waals surface area contributed by atoms with Crippen molar-refractivity contribution in [2.24, 2.45) is 0 Å². The minimum absolute atomic E-state index is 0.0167. The number of nitrogens with zero attached hydrogens (tertiary/aromatic N) is 2. The van der Waals surface area contributed by atoms with Gasteiger partial charge < -0.3 is 9.40 Å². The van der Waals surface area contributed by atoms with Gasteiger partial charge in [-0.1, -0.05) is 18.2 Å². The van der Waals surface area contributed by atoms with Gasteiger partial charge in [-0.05, 0) is 60.9 Å². The van der Waals surface area contributed by atoms with Crippen LogP contribution in [-0.2, 0) is 11.2 Å². The number of carbonyl (C=O) groups is 1. The normalized spacial score (nSPS) is 11.4. The van der Waals surface area contributed by atoms with E-state index in [0.29, 0.717) is 30.1 Å². The molecule has 0 aliphatic heterocycles. The van der Waals surface area contributed by atoms with Gasteiger partial charge in [-0.2, -0.15) is 0 Å². The average Bonchev–Trinajstić information content (AvgIpc) is 3.35. The molecule has 3 heterocycles. The van der Waals surface area contributed by atoms with Crippen LogP contribution >= 0.6 is 11.8 Å². The van der Waals surface area contributed by atoms with Crippen molar-refractivity contribution < 1.29 is 13.6 Å². The predicted octanol–water partition coefficient (Wildman–Crippen LogP) is 6.15. The van der Waals surface area contributed by atoms with Crippen LogP contribution in [0.25, 0.3) is 33.4 Å². The zero-order valence-electron chi connectivity index (χ0n) is 16.5. The lowest BCUT2D eigenvalue weighted by molar-refractivity contribution is -0.111. The molecule has 0 spiro atoms. The highest BCUT2D eigenvalue weighted by Gasteiger charge is 2.16. The molecule has 0 radical (unpaired) electrons. The van der Waals surface area contributed by atoms with E-state index in [1.807, 2.05) is 42.5 Å². The summed E-state index contributed by atoms with van der Waals surface area (Å²) in [7, 11) is 0. The molecule has 0 aliphatic carbocycles. The number of benzene rings is 2. The number of nitrogens with one attached hydrogen (secondary N) is 1. The molecule has 0 aliphatic rings. The Morgan fingerprint density at radius 2 is 1.97 bits per heavy atom. The van der Waals surface area contributed by atoms with E-state index in [1.165, 1.54) is 12.1 Å². The zero-order valence-corrected chi connectivity index (χ0v) is 17.3. The molecule has 5 nitrogen and oxygen atoms in total. The van der Waals surface area contributed by atoms with Crippen molar-refractivity contribution in [2.75, 3.05) is 0 Å². The molecule has 5 rings (SSSR count). The van der Waals surface area contributed by atoms with Crippen LogP contribution in [0.4, 0.5) is 4.39 Å².